The van der Waals surface area contributed by atoms with Crippen LogP contribution in [0.5, 0.6) is 0 Å². The van der Waals surface area contributed by atoms with Gasteiger partial charge in [-0.05, 0) is 42.3 Å². The van der Waals surface area contributed by atoms with Crippen molar-refractivity contribution < 1.29 is 27.1 Å². The predicted molar refractivity (Wildman–Crippen MR) is 115 cm³/mol. The van der Waals surface area contributed by atoms with E-state index in [0.717, 1.165) is 0 Å². The lowest BCUT2D eigenvalue weighted by Crippen LogP contribution is -2.32. The van der Waals surface area contributed by atoms with Gasteiger partial charge in [-0.3, -0.25) is 9.59 Å². The molecule has 1 N–H and O–H groups in total. The maximum Gasteiger partial charge on any atom is 0.307 e. The molecule has 0 aliphatic rings. The number of rotatable bonds is 9. The van der Waals surface area contributed by atoms with E-state index in [-0.39, 0.29) is 16.9 Å². The second kappa shape index (κ2) is 10.5. The van der Waals surface area contributed by atoms with Crippen molar-refractivity contribution in [3.8, 4) is 0 Å². The minimum Gasteiger partial charge on any atom is -0.469 e. The predicted octanol–water partition coefficient (Wildman–Crippen LogP) is 3.20. The van der Waals surface area contributed by atoms with Gasteiger partial charge in [-0.1, -0.05) is 32.0 Å². The van der Waals surface area contributed by atoms with Crippen LogP contribution in [-0.4, -0.2) is 44.8 Å². The number of benzene rings is 2. The van der Waals surface area contributed by atoms with Gasteiger partial charge < -0.3 is 10.1 Å². The van der Waals surface area contributed by atoms with Crippen molar-refractivity contribution in [2.45, 2.75) is 38.1 Å². The van der Waals surface area contributed by atoms with Crippen molar-refractivity contribution in [3.05, 3.63) is 65.0 Å². The maximum atomic E-state index is 13.3. The molecule has 0 heterocycles. The molecule has 7 nitrogen and oxygen atoms in total. The Kier molecular flexibility index (Phi) is 8.29. The Morgan fingerprint density at radius 1 is 1.10 bits per heavy atom. The van der Waals surface area contributed by atoms with Crippen LogP contribution >= 0.6 is 0 Å². The van der Waals surface area contributed by atoms with E-state index in [2.05, 4.69) is 5.32 Å². The molecule has 2 rings (SSSR count). The Morgan fingerprint density at radius 2 is 1.71 bits per heavy atom. The van der Waals surface area contributed by atoms with Gasteiger partial charge in [0.2, 0.25) is 10.0 Å². The number of halogens is 1. The fourth-order valence-corrected chi connectivity index (χ4v) is 4.64. The zero-order chi connectivity index (χ0) is 23.2. The number of carbonyl (C=O) groups excluding carboxylic acids is 2. The summed E-state index contributed by atoms with van der Waals surface area (Å²) in [7, 11) is -2.51. The molecule has 1 amide bonds. The van der Waals surface area contributed by atoms with Crippen LogP contribution in [0.4, 0.5) is 4.39 Å². The van der Waals surface area contributed by atoms with E-state index < -0.39 is 33.8 Å². The molecule has 0 spiro atoms. The van der Waals surface area contributed by atoms with Gasteiger partial charge in [0.05, 0.1) is 24.5 Å². The highest BCUT2D eigenvalue weighted by atomic mass is 32.2. The molecule has 9 heteroatoms. The molecule has 0 saturated heterocycles. The first-order valence-electron chi connectivity index (χ1n) is 9.87. The minimum atomic E-state index is -3.74. The molecule has 0 aliphatic carbocycles. The third-order valence-corrected chi connectivity index (χ3v) is 7.02. The number of hydrogen-bond donors (Lipinski definition) is 1. The first-order valence-corrected chi connectivity index (χ1v) is 11.3. The maximum absolute atomic E-state index is 13.3. The number of nitrogens with one attached hydrogen (secondary N) is 1. The van der Waals surface area contributed by atoms with E-state index in [1.54, 1.807) is 26.8 Å². The zero-order valence-corrected chi connectivity index (χ0v) is 18.8. The number of amides is 1. The highest BCUT2D eigenvalue weighted by Gasteiger charge is 2.25. The first-order chi connectivity index (χ1) is 14.6. The Hall–Kier alpha value is -2.78. The average Bonchev–Trinajstić information content (AvgIpc) is 2.74. The van der Waals surface area contributed by atoms with E-state index >= 15 is 0 Å². The van der Waals surface area contributed by atoms with Crippen LogP contribution in [0.15, 0.2) is 47.4 Å². The van der Waals surface area contributed by atoms with Crippen LogP contribution in [-0.2, 0) is 19.6 Å². The fourth-order valence-electron chi connectivity index (χ4n) is 3.15. The number of hydrogen-bond acceptors (Lipinski definition) is 5. The Bertz CT molecular complexity index is 1030. The van der Waals surface area contributed by atoms with Crippen molar-refractivity contribution in [3.63, 3.8) is 0 Å². The van der Waals surface area contributed by atoms with Gasteiger partial charge in [-0.2, -0.15) is 4.31 Å². The summed E-state index contributed by atoms with van der Waals surface area (Å²) >= 11 is 0. The summed E-state index contributed by atoms with van der Waals surface area (Å²) in [5, 5.41) is 2.74. The molecule has 0 aromatic heterocycles. The average molecular weight is 451 g/mol. The molecule has 168 valence electrons. The minimum absolute atomic E-state index is 0.0123. The largest absolute Gasteiger partial charge is 0.469 e. The molecule has 0 fully saturated rings. The van der Waals surface area contributed by atoms with Crippen molar-refractivity contribution >= 4 is 21.9 Å². The van der Waals surface area contributed by atoms with Crippen LogP contribution in [0.25, 0.3) is 0 Å². The molecule has 2 aromatic carbocycles. The summed E-state index contributed by atoms with van der Waals surface area (Å²) in [6.07, 6.45) is -0.162. The first kappa shape index (κ1) is 24.5. The normalized spacial score (nSPS) is 12.5. The van der Waals surface area contributed by atoms with E-state index in [0.29, 0.717) is 24.2 Å². The van der Waals surface area contributed by atoms with Crippen molar-refractivity contribution in [2.75, 3.05) is 20.2 Å². The van der Waals surface area contributed by atoms with Crippen LogP contribution in [0.1, 0.15) is 47.8 Å². The zero-order valence-electron chi connectivity index (χ0n) is 18.0. The third kappa shape index (κ3) is 5.89. The highest BCUT2D eigenvalue weighted by Crippen LogP contribution is 2.22. The molecule has 0 saturated carbocycles. The van der Waals surface area contributed by atoms with Crippen LogP contribution < -0.4 is 5.32 Å². The number of carbonyl (C=O) groups is 2. The molecule has 31 heavy (non-hydrogen) atoms. The molecule has 0 aliphatic heterocycles. The number of ether oxygens (including phenoxy) is 1. The quantitative estimate of drug-likeness (QED) is 0.593. The lowest BCUT2D eigenvalue weighted by Gasteiger charge is -2.21. The third-order valence-electron chi connectivity index (χ3n) is 4.97. The second-order valence-corrected chi connectivity index (χ2v) is 8.86. The van der Waals surface area contributed by atoms with Gasteiger partial charge >= 0.3 is 5.97 Å². The van der Waals surface area contributed by atoms with Crippen LogP contribution in [0.3, 0.4) is 0 Å². The number of esters is 1. The van der Waals surface area contributed by atoms with Crippen LogP contribution in [0.2, 0.25) is 0 Å². The summed E-state index contributed by atoms with van der Waals surface area (Å²) in [4.78, 5) is 24.9. The molecular formula is C22H27FN2O5S. The smallest absolute Gasteiger partial charge is 0.307 e. The molecule has 0 bridgehead atoms. The van der Waals surface area contributed by atoms with Crippen molar-refractivity contribution in [1.29, 1.82) is 0 Å². The monoisotopic (exact) mass is 450 g/mol. The summed E-state index contributed by atoms with van der Waals surface area (Å²) in [5.41, 5.74) is 1.27. The number of aryl methyl sites for hydroxylation is 1. The fraction of sp³-hybridized carbons (Fsp3) is 0.364. The van der Waals surface area contributed by atoms with Crippen molar-refractivity contribution in [2.24, 2.45) is 0 Å². The number of methoxy groups -OCH3 is 1. The van der Waals surface area contributed by atoms with Crippen LogP contribution in [0, 0.1) is 12.7 Å². The van der Waals surface area contributed by atoms with E-state index in [1.165, 1.54) is 47.8 Å². The van der Waals surface area contributed by atoms with Gasteiger partial charge in [0, 0.05) is 18.7 Å². The highest BCUT2D eigenvalue weighted by molar-refractivity contribution is 7.89. The van der Waals surface area contributed by atoms with Gasteiger partial charge in [0.1, 0.15) is 5.82 Å². The van der Waals surface area contributed by atoms with E-state index in [4.69, 9.17) is 4.74 Å². The number of sulfonamides is 1. The summed E-state index contributed by atoms with van der Waals surface area (Å²) in [6.45, 7) is 5.78. The van der Waals surface area contributed by atoms with Gasteiger partial charge in [0.25, 0.3) is 5.91 Å². The topological polar surface area (TPSA) is 92.8 Å². The molecule has 1 atom stereocenters. The lowest BCUT2D eigenvalue weighted by molar-refractivity contribution is -0.141. The molecule has 2 aromatic rings. The Labute approximate surface area is 182 Å². The summed E-state index contributed by atoms with van der Waals surface area (Å²) in [5.74, 6) is -1.55. The Balaban J connectivity index is 2.39. The van der Waals surface area contributed by atoms with E-state index in [9.17, 15) is 22.4 Å². The Morgan fingerprint density at radius 3 is 2.26 bits per heavy atom. The van der Waals surface area contributed by atoms with E-state index in [1.807, 2.05) is 0 Å². The summed E-state index contributed by atoms with van der Waals surface area (Å²) in [6, 6.07) is 8.99. The molecule has 0 radical (unpaired) electrons. The molecular weight excluding hydrogens is 423 g/mol. The molecule has 1 unspecified atom stereocenters. The van der Waals surface area contributed by atoms with Crippen molar-refractivity contribution in [1.82, 2.24) is 9.62 Å². The standard InChI is InChI=1S/C22H27FN2O5S/c1-5-25(6-2)31(28,29)18-12-7-15(3)19(13-18)22(27)24-20(14-21(26)30-4)16-8-10-17(23)11-9-16/h7-13,20H,5-6,14H2,1-4H3,(H,24,27). The summed E-state index contributed by atoms with van der Waals surface area (Å²) < 4.78 is 45.0. The van der Waals surface area contributed by atoms with Gasteiger partial charge in [0.15, 0.2) is 0 Å². The second-order valence-electron chi connectivity index (χ2n) is 6.92. The lowest BCUT2D eigenvalue weighted by atomic mass is 10.0. The number of nitrogens with zero attached hydrogens (tertiary/aromatic N) is 1. The van der Waals surface area contributed by atoms with Gasteiger partial charge in [-0.25, -0.2) is 12.8 Å². The van der Waals surface area contributed by atoms with Gasteiger partial charge in [-0.15, -0.1) is 0 Å². The SMILES string of the molecule is CCN(CC)S(=O)(=O)c1ccc(C)c(C(=O)NC(CC(=O)OC)c2ccc(F)cc2)c1.